The van der Waals surface area contributed by atoms with Crippen molar-refractivity contribution in [3.63, 3.8) is 0 Å². The Bertz CT molecular complexity index is 314. The van der Waals surface area contributed by atoms with Gasteiger partial charge in [-0.2, -0.15) is 0 Å². The molecule has 82 valence electrons. The summed E-state index contributed by atoms with van der Waals surface area (Å²) in [6.45, 7) is 3.88. The number of hydrogen-bond donors (Lipinski definition) is 0. The number of rotatable bonds is 5. The van der Waals surface area contributed by atoms with E-state index < -0.39 is 5.38 Å². The van der Waals surface area contributed by atoms with Crippen molar-refractivity contribution in [3.8, 4) is 0 Å². The third-order valence-corrected chi connectivity index (χ3v) is 2.62. The summed E-state index contributed by atoms with van der Waals surface area (Å²) in [6.07, 6.45) is 3.47. The minimum absolute atomic E-state index is 0.00120. The lowest BCUT2D eigenvalue weighted by Gasteiger charge is -2.04. The van der Waals surface area contributed by atoms with Crippen LogP contribution in [-0.2, 0) is 6.42 Å². The second kappa shape index (κ2) is 5.92. The molecule has 0 heterocycles. The molecule has 0 saturated carbocycles. The maximum atomic E-state index is 11.5. The molecule has 1 rings (SSSR count). The van der Waals surface area contributed by atoms with E-state index >= 15 is 0 Å². The molecule has 0 amide bonds. The average Bonchev–Trinajstić information content (AvgIpc) is 2.26. The molecule has 0 aliphatic rings. The van der Waals surface area contributed by atoms with Crippen molar-refractivity contribution < 1.29 is 4.79 Å². The predicted octanol–water partition coefficient (Wildman–Crippen LogP) is 3.84. The van der Waals surface area contributed by atoms with E-state index in [0.717, 1.165) is 6.42 Å². The van der Waals surface area contributed by atoms with Crippen molar-refractivity contribution in [1.82, 2.24) is 0 Å². The highest BCUT2D eigenvalue weighted by molar-refractivity contribution is 6.33. The van der Waals surface area contributed by atoms with Crippen LogP contribution in [-0.4, -0.2) is 11.2 Å². The molecular formula is C13H17ClO. The van der Waals surface area contributed by atoms with E-state index in [1.807, 2.05) is 24.3 Å². The highest BCUT2D eigenvalue weighted by atomic mass is 35.5. The third kappa shape index (κ3) is 3.67. The number of carbonyl (C=O) groups is 1. The Balaban J connectivity index is 2.68. The Hall–Kier alpha value is -0.820. The largest absolute Gasteiger partial charge is 0.293 e. The van der Waals surface area contributed by atoms with Gasteiger partial charge in [0.25, 0.3) is 0 Å². The van der Waals surface area contributed by atoms with E-state index in [0.29, 0.717) is 5.56 Å². The minimum atomic E-state index is -0.438. The zero-order valence-electron chi connectivity index (χ0n) is 9.29. The van der Waals surface area contributed by atoms with Crippen molar-refractivity contribution in [1.29, 1.82) is 0 Å². The van der Waals surface area contributed by atoms with Crippen LogP contribution >= 0.6 is 11.6 Å². The fraction of sp³-hybridized carbons (Fsp3) is 0.462. The summed E-state index contributed by atoms with van der Waals surface area (Å²) in [5.41, 5.74) is 1.99. The van der Waals surface area contributed by atoms with Crippen LogP contribution in [0.1, 0.15) is 42.6 Å². The summed E-state index contributed by atoms with van der Waals surface area (Å²) in [5.74, 6) is -0.00120. The lowest BCUT2D eigenvalue weighted by atomic mass is 10.0. The van der Waals surface area contributed by atoms with E-state index in [1.54, 1.807) is 6.92 Å². The van der Waals surface area contributed by atoms with Gasteiger partial charge in [0.2, 0.25) is 0 Å². The number of alkyl halides is 1. The Labute approximate surface area is 96.5 Å². The monoisotopic (exact) mass is 224 g/mol. The van der Waals surface area contributed by atoms with Crippen molar-refractivity contribution in [2.75, 3.05) is 0 Å². The van der Waals surface area contributed by atoms with Gasteiger partial charge < -0.3 is 0 Å². The molecule has 1 nitrogen and oxygen atoms in total. The topological polar surface area (TPSA) is 17.1 Å². The standard InChI is InChI=1S/C13H17ClO/c1-3-4-5-11-6-8-12(9-7-11)13(15)10(2)14/h6-10H,3-5H2,1-2H3. The van der Waals surface area contributed by atoms with E-state index in [2.05, 4.69) is 6.92 Å². The molecule has 0 saturated heterocycles. The number of benzene rings is 1. The zero-order valence-corrected chi connectivity index (χ0v) is 10.1. The van der Waals surface area contributed by atoms with E-state index in [1.165, 1.54) is 18.4 Å². The van der Waals surface area contributed by atoms with E-state index in [4.69, 9.17) is 11.6 Å². The van der Waals surface area contributed by atoms with Gasteiger partial charge in [-0.15, -0.1) is 11.6 Å². The Morgan fingerprint density at radius 1 is 1.33 bits per heavy atom. The molecule has 0 fully saturated rings. The van der Waals surface area contributed by atoms with Gasteiger partial charge >= 0.3 is 0 Å². The predicted molar refractivity (Wildman–Crippen MR) is 64.7 cm³/mol. The molecule has 0 aromatic heterocycles. The van der Waals surface area contributed by atoms with Crippen LogP contribution in [0, 0.1) is 0 Å². The molecule has 2 heteroatoms. The second-order valence-corrected chi connectivity index (χ2v) is 4.44. The molecule has 1 atom stereocenters. The molecule has 0 aliphatic carbocycles. The second-order valence-electron chi connectivity index (χ2n) is 3.78. The number of halogens is 1. The summed E-state index contributed by atoms with van der Waals surface area (Å²) in [5, 5.41) is -0.438. The van der Waals surface area contributed by atoms with Crippen LogP contribution in [0.3, 0.4) is 0 Å². The molecule has 1 aromatic carbocycles. The molecule has 0 radical (unpaired) electrons. The third-order valence-electron chi connectivity index (χ3n) is 2.42. The van der Waals surface area contributed by atoms with Gasteiger partial charge in [-0.1, -0.05) is 37.6 Å². The first kappa shape index (κ1) is 12.3. The number of hydrogen-bond acceptors (Lipinski definition) is 1. The molecule has 1 unspecified atom stereocenters. The number of unbranched alkanes of at least 4 members (excludes halogenated alkanes) is 1. The van der Waals surface area contributed by atoms with Crippen LogP contribution in [0.4, 0.5) is 0 Å². The maximum absolute atomic E-state index is 11.5. The summed E-state index contributed by atoms with van der Waals surface area (Å²) in [7, 11) is 0. The van der Waals surface area contributed by atoms with Crippen LogP contribution < -0.4 is 0 Å². The van der Waals surface area contributed by atoms with Gasteiger partial charge in [-0.3, -0.25) is 4.79 Å². The van der Waals surface area contributed by atoms with Gasteiger partial charge in [0.15, 0.2) is 5.78 Å². The molecule has 0 N–H and O–H groups in total. The Kier molecular flexibility index (Phi) is 4.83. The fourth-order valence-electron chi connectivity index (χ4n) is 1.45. The van der Waals surface area contributed by atoms with Crippen LogP contribution in [0.15, 0.2) is 24.3 Å². The van der Waals surface area contributed by atoms with Crippen molar-refractivity contribution >= 4 is 17.4 Å². The quantitative estimate of drug-likeness (QED) is 0.549. The summed E-state index contributed by atoms with van der Waals surface area (Å²) in [4.78, 5) is 11.5. The first-order valence-electron chi connectivity index (χ1n) is 5.42. The zero-order chi connectivity index (χ0) is 11.3. The fourth-order valence-corrected chi connectivity index (χ4v) is 1.57. The number of carbonyl (C=O) groups excluding carboxylic acids is 1. The molecule has 15 heavy (non-hydrogen) atoms. The van der Waals surface area contributed by atoms with Gasteiger partial charge in [0, 0.05) is 5.56 Å². The van der Waals surface area contributed by atoms with Crippen LogP contribution in [0.25, 0.3) is 0 Å². The highest BCUT2D eigenvalue weighted by Crippen LogP contribution is 2.11. The average molecular weight is 225 g/mol. The van der Waals surface area contributed by atoms with Gasteiger partial charge in [0.05, 0.1) is 5.38 Å². The highest BCUT2D eigenvalue weighted by Gasteiger charge is 2.11. The summed E-state index contributed by atoms with van der Waals surface area (Å²) >= 11 is 5.74. The number of aryl methyl sites for hydroxylation is 1. The molecule has 0 aliphatic heterocycles. The SMILES string of the molecule is CCCCc1ccc(C(=O)C(C)Cl)cc1. The van der Waals surface area contributed by atoms with E-state index in [-0.39, 0.29) is 5.78 Å². The maximum Gasteiger partial charge on any atom is 0.180 e. The van der Waals surface area contributed by atoms with Crippen molar-refractivity contribution in [2.45, 2.75) is 38.5 Å². The summed E-state index contributed by atoms with van der Waals surface area (Å²) in [6, 6.07) is 7.77. The van der Waals surface area contributed by atoms with Gasteiger partial charge in [0.1, 0.15) is 0 Å². The molecule has 0 spiro atoms. The smallest absolute Gasteiger partial charge is 0.180 e. The normalized spacial score (nSPS) is 12.5. The van der Waals surface area contributed by atoms with Gasteiger partial charge in [-0.05, 0) is 25.3 Å². The lowest BCUT2D eigenvalue weighted by molar-refractivity contribution is 0.0992. The summed E-state index contributed by atoms with van der Waals surface area (Å²) < 4.78 is 0. The first-order chi connectivity index (χ1) is 7.15. The Morgan fingerprint density at radius 2 is 1.93 bits per heavy atom. The molecular weight excluding hydrogens is 208 g/mol. The van der Waals surface area contributed by atoms with Gasteiger partial charge in [-0.25, -0.2) is 0 Å². The first-order valence-corrected chi connectivity index (χ1v) is 5.86. The van der Waals surface area contributed by atoms with E-state index in [9.17, 15) is 4.79 Å². The van der Waals surface area contributed by atoms with Crippen molar-refractivity contribution in [2.24, 2.45) is 0 Å². The molecule has 0 bridgehead atoms. The minimum Gasteiger partial charge on any atom is -0.293 e. The lowest BCUT2D eigenvalue weighted by Crippen LogP contribution is -2.10. The van der Waals surface area contributed by atoms with Crippen molar-refractivity contribution in [3.05, 3.63) is 35.4 Å². The van der Waals surface area contributed by atoms with Crippen LogP contribution in [0.5, 0.6) is 0 Å². The molecule has 1 aromatic rings. The Morgan fingerprint density at radius 3 is 2.40 bits per heavy atom. The number of ketones is 1. The number of Topliss-reactive ketones (excluding diaryl/α,β-unsaturated/α-hetero) is 1. The van der Waals surface area contributed by atoms with Crippen LogP contribution in [0.2, 0.25) is 0 Å².